The second-order valence-corrected chi connectivity index (χ2v) is 15.3. The zero-order valence-corrected chi connectivity index (χ0v) is 21.7. The summed E-state index contributed by atoms with van der Waals surface area (Å²) in [5.41, 5.74) is 1.48. The Kier molecular flexibility index (Phi) is 10.9. The van der Waals surface area contributed by atoms with Crippen molar-refractivity contribution in [2.45, 2.75) is 104 Å². The third-order valence-electron chi connectivity index (χ3n) is 6.93. The van der Waals surface area contributed by atoms with Gasteiger partial charge in [0.15, 0.2) is 8.32 Å². The zero-order valence-electron chi connectivity index (χ0n) is 20.7. The van der Waals surface area contributed by atoms with Gasteiger partial charge in [-0.25, -0.2) is 0 Å². The molecule has 2 heteroatoms. The smallest absolute Gasteiger partial charge is 0.184 e. The normalized spacial score (nSPS) is 25.8. The van der Waals surface area contributed by atoms with Crippen LogP contribution in [0.2, 0.25) is 19.6 Å². The molecule has 0 aromatic heterocycles. The van der Waals surface area contributed by atoms with E-state index < -0.39 is 8.32 Å². The summed E-state index contributed by atoms with van der Waals surface area (Å²) in [6.45, 7) is 14.3. The third kappa shape index (κ3) is 9.10. The first-order chi connectivity index (χ1) is 14.3. The van der Waals surface area contributed by atoms with E-state index in [1.165, 1.54) is 63.4 Å². The fourth-order valence-electron chi connectivity index (χ4n) is 5.18. The number of allylic oxidation sites excluding steroid dienone is 2. The van der Waals surface area contributed by atoms with Crippen LogP contribution >= 0.6 is 0 Å². The SMILES string of the molecule is CCCC/C=C\C[C@@H]1[C@@H](CC[C@@H](C)CCc2ccccc2)[C@H](O[Si](C)(C)C)C[C@@H]1C. The van der Waals surface area contributed by atoms with Crippen LogP contribution in [0.3, 0.4) is 0 Å². The lowest BCUT2D eigenvalue weighted by molar-refractivity contribution is 0.123. The maximum Gasteiger partial charge on any atom is 0.184 e. The molecule has 170 valence electrons. The Hall–Kier alpha value is -0.863. The second-order valence-electron chi connectivity index (χ2n) is 10.9. The molecule has 0 unspecified atom stereocenters. The number of aryl methyl sites for hydroxylation is 1. The summed E-state index contributed by atoms with van der Waals surface area (Å²) in [5.74, 6) is 3.11. The largest absolute Gasteiger partial charge is 0.414 e. The standard InChI is InChI=1S/C28H48OSi/c1-7-8-9-10-14-17-26-24(3)22-28(29-30(4,5)6)27(26)21-19-23(2)18-20-25-15-12-11-13-16-25/h10-16,23-24,26-28H,7-9,17-22H2,1-6H3/b14-10-/t23-,24-,26-,27+,28+/m0/s1. The number of unbranched alkanes of at least 4 members (excludes halogenated alkanes) is 2. The van der Waals surface area contributed by atoms with Gasteiger partial charge in [-0.3, -0.25) is 0 Å². The molecule has 0 saturated heterocycles. The van der Waals surface area contributed by atoms with Crippen molar-refractivity contribution in [3.63, 3.8) is 0 Å². The molecule has 5 atom stereocenters. The molecule has 2 rings (SSSR count). The molecule has 1 nitrogen and oxygen atoms in total. The van der Waals surface area contributed by atoms with Crippen molar-refractivity contribution in [1.82, 2.24) is 0 Å². The summed E-state index contributed by atoms with van der Waals surface area (Å²) < 4.78 is 6.73. The first kappa shape index (κ1) is 25.4. The lowest BCUT2D eigenvalue weighted by Gasteiger charge is -2.31. The Bertz CT molecular complexity index is 603. The fourth-order valence-corrected chi connectivity index (χ4v) is 6.36. The molecule has 1 aromatic carbocycles. The minimum Gasteiger partial charge on any atom is -0.414 e. The number of hydrogen-bond donors (Lipinski definition) is 0. The molecule has 30 heavy (non-hydrogen) atoms. The van der Waals surface area contributed by atoms with Crippen LogP contribution in [-0.4, -0.2) is 14.4 Å². The van der Waals surface area contributed by atoms with Gasteiger partial charge in [0.2, 0.25) is 0 Å². The van der Waals surface area contributed by atoms with Crippen LogP contribution in [0.25, 0.3) is 0 Å². The summed E-state index contributed by atoms with van der Waals surface area (Å²) in [4.78, 5) is 0. The van der Waals surface area contributed by atoms with E-state index in [2.05, 4.69) is 82.9 Å². The predicted molar refractivity (Wildman–Crippen MR) is 135 cm³/mol. The topological polar surface area (TPSA) is 9.23 Å². The van der Waals surface area contributed by atoms with Gasteiger partial charge in [-0.05, 0) is 87.4 Å². The molecule has 0 N–H and O–H groups in total. The van der Waals surface area contributed by atoms with E-state index >= 15 is 0 Å². The fraction of sp³-hybridized carbons (Fsp3) is 0.714. The quantitative estimate of drug-likeness (QED) is 0.173. The van der Waals surface area contributed by atoms with Gasteiger partial charge in [0.25, 0.3) is 0 Å². The Balaban J connectivity index is 1.93. The van der Waals surface area contributed by atoms with Crippen LogP contribution in [0, 0.1) is 23.7 Å². The van der Waals surface area contributed by atoms with E-state index in [-0.39, 0.29) is 0 Å². The number of benzene rings is 1. The summed E-state index contributed by atoms with van der Waals surface area (Å²) >= 11 is 0. The monoisotopic (exact) mass is 428 g/mol. The van der Waals surface area contributed by atoms with E-state index in [0.717, 1.165) is 23.7 Å². The Labute approximate surface area is 188 Å². The van der Waals surface area contributed by atoms with Crippen molar-refractivity contribution in [3.8, 4) is 0 Å². The van der Waals surface area contributed by atoms with Crippen molar-refractivity contribution in [1.29, 1.82) is 0 Å². The van der Waals surface area contributed by atoms with Crippen molar-refractivity contribution in [2.75, 3.05) is 0 Å². The molecule has 1 fully saturated rings. The molecule has 0 aliphatic heterocycles. The van der Waals surface area contributed by atoms with E-state index in [0.29, 0.717) is 6.10 Å². The predicted octanol–water partition coefficient (Wildman–Crippen LogP) is 8.66. The first-order valence-corrected chi connectivity index (χ1v) is 16.1. The summed E-state index contributed by atoms with van der Waals surface area (Å²) in [6, 6.07) is 11.0. The van der Waals surface area contributed by atoms with Crippen LogP contribution in [0.15, 0.2) is 42.5 Å². The number of hydrogen-bond acceptors (Lipinski definition) is 1. The third-order valence-corrected chi connectivity index (χ3v) is 7.94. The van der Waals surface area contributed by atoms with Crippen molar-refractivity contribution < 1.29 is 4.43 Å². The summed E-state index contributed by atoms with van der Waals surface area (Å²) in [6.07, 6.45) is 17.0. The molecule has 0 amide bonds. The van der Waals surface area contributed by atoms with Gasteiger partial charge in [0.05, 0.1) is 0 Å². The maximum atomic E-state index is 6.73. The summed E-state index contributed by atoms with van der Waals surface area (Å²) in [5, 5.41) is 0. The highest BCUT2D eigenvalue weighted by molar-refractivity contribution is 6.69. The van der Waals surface area contributed by atoms with Gasteiger partial charge < -0.3 is 4.43 Å². The van der Waals surface area contributed by atoms with Crippen LogP contribution in [-0.2, 0) is 10.8 Å². The van der Waals surface area contributed by atoms with Gasteiger partial charge in [-0.15, -0.1) is 0 Å². The van der Waals surface area contributed by atoms with Gasteiger partial charge in [0.1, 0.15) is 0 Å². The van der Waals surface area contributed by atoms with E-state index in [1.54, 1.807) is 0 Å². The lowest BCUT2D eigenvalue weighted by Crippen LogP contribution is -2.35. The molecule has 0 heterocycles. The van der Waals surface area contributed by atoms with E-state index in [4.69, 9.17) is 4.43 Å². The maximum absolute atomic E-state index is 6.73. The highest BCUT2D eigenvalue weighted by Crippen LogP contribution is 2.45. The Morgan fingerprint density at radius 1 is 1.07 bits per heavy atom. The molecule has 1 aliphatic carbocycles. The van der Waals surface area contributed by atoms with Crippen LogP contribution in [0.1, 0.15) is 77.7 Å². The van der Waals surface area contributed by atoms with Crippen molar-refractivity contribution in [2.24, 2.45) is 23.7 Å². The van der Waals surface area contributed by atoms with Gasteiger partial charge in [-0.1, -0.05) is 82.5 Å². The average molecular weight is 429 g/mol. The van der Waals surface area contributed by atoms with Crippen molar-refractivity contribution in [3.05, 3.63) is 48.0 Å². The molecule has 1 aromatic rings. The second kappa shape index (κ2) is 12.9. The van der Waals surface area contributed by atoms with Gasteiger partial charge >= 0.3 is 0 Å². The molecule has 1 saturated carbocycles. The van der Waals surface area contributed by atoms with E-state index in [9.17, 15) is 0 Å². The summed E-state index contributed by atoms with van der Waals surface area (Å²) in [7, 11) is -1.51. The molecule has 0 spiro atoms. The minimum atomic E-state index is -1.51. The average Bonchev–Trinajstić information content (AvgIpc) is 2.98. The molecule has 0 bridgehead atoms. The molecule has 1 aliphatic rings. The Morgan fingerprint density at radius 3 is 2.47 bits per heavy atom. The van der Waals surface area contributed by atoms with Crippen LogP contribution < -0.4 is 0 Å². The molecular weight excluding hydrogens is 380 g/mol. The highest BCUT2D eigenvalue weighted by Gasteiger charge is 2.42. The minimum absolute atomic E-state index is 0.488. The molecular formula is C28H48OSi. The van der Waals surface area contributed by atoms with Crippen molar-refractivity contribution >= 4 is 8.32 Å². The van der Waals surface area contributed by atoms with Gasteiger partial charge in [0, 0.05) is 6.10 Å². The Morgan fingerprint density at radius 2 is 1.80 bits per heavy atom. The number of rotatable bonds is 13. The van der Waals surface area contributed by atoms with Crippen LogP contribution in [0.5, 0.6) is 0 Å². The highest BCUT2D eigenvalue weighted by atomic mass is 28.4. The first-order valence-electron chi connectivity index (χ1n) is 12.7. The van der Waals surface area contributed by atoms with Gasteiger partial charge in [-0.2, -0.15) is 0 Å². The lowest BCUT2D eigenvalue weighted by atomic mass is 9.82. The zero-order chi connectivity index (χ0) is 22.0. The van der Waals surface area contributed by atoms with Crippen LogP contribution in [0.4, 0.5) is 0 Å². The van der Waals surface area contributed by atoms with E-state index in [1.807, 2.05) is 0 Å². The molecule has 0 radical (unpaired) electrons.